The van der Waals surface area contributed by atoms with Crippen molar-refractivity contribution < 1.29 is 15.0 Å². The second-order valence-corrected chi connectivity index (χ2v) is 11.7. The molecule has 0 aromatic heterocycles. The molecule has 0 spiro atoms. The van der Waals surface area contributed by atoms with Crippen LogP contribution in [-0.2, 0) is 4.79 Å². The Bertz CT molecular complexity index is 1280. The van der Waals surface area contributed by atoms with Crippen molar-refractivity contribution in [2.45, 2.75) is 70.8 Å². The first kappa shape index (κ1) is 26.4. The van der Waals surface area contributed by atoms with Gasteiger partial charge in [0.25, 0.3) is 0 Å². The zero-order chi connectivity index (χ0) is 26.9. The lowest BCUT2D eigenvalue weighted by Crippen LogP contribution is -2.44. The number of aldehydes is 1. The smallest absolute Gasteiger partial charge is 0.143 e. The molecule has 2 saturated carbocycles. The summed E-state index contributed by atoms with van der Waals surface area (Å²) in [6, 6.07) is 16.6. The van der Waals surface area contributed by atoms with Crippen LogP contribution < -0.4 is 0 Å². The Kier molecular flexibility index (Phi) is 7.59. The monoisotopic (exact) mass is 508 g/mol. The fourth-order valence-electron chi connectivity index (χ4n) is 7.59. The number of aliphatic hydroxyl groups is 2. The summed E-state index contributed by atoms with van der Waals surface area (Å²) < 4.78 is 0. The maximum atomic E-state index is 11.5. The lowest BCUT2D eigenvalue weighted by molar-refractivity contribution is -0.104. The van der Waals surface area contributed by atoms with Gasteiger partial charge in [-0.25, -0.2) is 0 Å². The molecule has 0 aliphatic heterocycles. The highest BCUT2D eigenvalue weighted by Gasteiger charge is 2.56. The molecule has 198 valence electrons. The Morgan fingerprint density at radius 2 is 1.68 bits per heavy atom. The number of carbonyl (C=O) groups is 1. The summed E-state index contributed by atoms with van der Waals surface area (Å²) in [6.45, 7) is 8.13. The summed E-state index contributed by atoms with van der Waals surface area (Å²) in [5.41, 5.74) is 8.38. The van der Waals surface area contributed by atoms with Crippen LogP contribution in [0.15, 0.2) is 77.9 Å². The van der Waals surface area contributed by atoms with Crippen LogP contribution in [0.25, 0.3) is 17.9 Å². The van der Waals surface area contributed by atoms with Crippen LogP contribution >= 0.6 is 0 Å². The number of rotatable bonds is 7. The zero-order valence-electron chi connectivity index (χ0n) is 22.7. The molecule has 5 unspecified atom stereocenters. The minimum atomic E-state index is -0.241. The summed E-state index contributed by atoms with van der Waals surface area (Å²) in [7, 11) is 0. The van der Waals surface area contributed by atoms with Gasteiger partial charge in [0.15, 0.2) is 0 Å². The minimum Gasteiger partial charge on any atom is -0.508 e. The van der Waals surface area contributed by atoms with Gasteiger partial charge in [-0.05, 0) is 89.7 Å². The maximum Gasteiger partial charge on any atom is 0.143 e. The van der Waals surface area contributed by atoms with Gasteiger partial charge in [0.05, 0.1) is 6.10 Å². The van der Waals surface area contributed by atoms with Crippen molar-refractivity contribution in [3.63, 3.8) is 0 Å². The molecular weight excluding hydrogens is 468 g/mol. The Morgan fingerprint density at radius 1 is 1.03 bits per heavy atom. The largest absolute Gasteiger partial charge is 0.508 e. The number of allylic oxidation sites excluding steroid dienone is 4. The molecule has 2 aromatic rings. The average Bonchev–Trinajstić information content (AvgIpc) is 3.23. The summed E-state index contributed by atoms with van der Waals surface area (Å²) in [5, 5.41) is 20.7. The summed E-state index contributed by atoms with van der Waals surface area (Å²) >= 11 is 0. The number of aliphatic hydroxyl groups excluding tert-OH is 2. The SMILES string of the molecule is C=C(O)c1ccc(/C=C/c2ccc(C3CC4(C)C(O)CCC4C4CC/C(=C/C=O)C(CCC)=C34)cc2)cc1. The van der Waals surface area contributed by atoms with E-state index in [1.54, 1.807) is 11.6 Å². The van der Waals surface area contributed by atoms with Gasteiger partial charge >= 0.3 is 0 Å². The highest BCUT2D eigenvalue weighted by Crippen LogP contribution is 2.63. The summed E-state index contributed by atoms with van der Waals surface area (Å²) in [6.07, 6.45) is 13.8. The first-order valence-corrected chi connectivity index (χ1v) is 14.2. The molecule has 3 nitrogen and oxygen atoms in total. The predicted octanol–water partition coefficient (Wildman–Crippen LogP) is 8.28. The Hall–Kier alpha value is -3.17. The molecule has 38 heavy (non-hydrogen) atoms. The van der Waals surface area contributed by atoms with E-state index in [-0.39, 0.29) is 23.2 Å². The number of hydrogen-bond donors (Lipinski definition) is 2. The highest BCUT2D eigenvalue weighted by molar-refractivity contribution is 5.71. The van der Waals surface area contributed by atoms with E-state index < -0.39 is 0 Å². The third-order valence-electron chi connectivity index (χ3n) is 9.54. The summed E-state index contributed by atoms with van der Waals surface area (Å²) in [4.78, 5) is 11.5. The molecule has 2 fully saturated rings. The molecule has 3 aliphatic rings. The van der Waals surface area contributed by atoms with Crippen LogP contribution in [0.5, 0.6) is 0 Å². The van der Waals surface area contributed by atoms with Crippen LogP contribution in [0.1, 0.15) is 87.0 Å². The maximum absolute atomic E-state index is 11.5. The standard InChI is InChI=1S/C35H40O3/c1-4-5-29-28(20-21-36)16-17-30-32-18-19-33(38)35(32,3)22-31(34(29)30)27-14-10-25(11-15-27)7-6-24-8-12-26(13-9-24)23(2)37/h6-15,20-21,30-33,37-38H,2,4-5,16-19,22H2,1,3H3/b7-6+,28-20-. The Morgan fingerprint density at radius 3 is 2.29 bits per heavy atom. The van der Waals surface area contributed by atoms with Crippen LogP contribution in [0.2, 0.25) is 0 Å². The molecule has 0 heterocycles. The fourth-order valence-corrected chi connectivity index (χ4v) is 7.59. The van der Waals surface area contributed by atoms with Crippen molar-refractivity contribution in [2.75, 3.05) is 0 Å². The second kappa shape index (κ2) is 10.9. The minimum absolute atomic E-state index is 0.0629. The van der Waals surface area contributed by atoms with Crippen LogP contribution in [0.3, 0.4) is 0 Å². The van der Waals surface area contributed by atoms with Gasteiger partial charge in [0.1, 0.15) is 12.0 Å². The lowest BCUT2D eigenvalue weighted by Gasteiger charge is -2.51. The van der Waals surface area contributed by atoms with Crippen molar-refractivity contribution in [1.82, 2.24) is 0 Å². The first-order valence-electron chi connectivity index (χ1n) is 14.2. The molecule has 0 bridgehead atoms. The van der Waals surface area contributed by atoms with Crippen LogP contribution in [-0.4, -0.2) is 22.6 Å². The molecule has 0 amide bonds. The fraction of sp³-hybridized carbons (Fsp3) is 0.400. The van der Waals surface area contributed by atoms with Crippen molar-refractivity contribution in [2.24, 2.45) is 17.3 Å². The average molecular weight is 509 g/mol. The molecular formula is C35H40O3. The normalized spacial score (nSPS) is 29.9. The Balaban J connectivity index is 1.49. The van der Waals surface area contributed by atoms with Crippen molar-refractivity contribution in [1.29, 1.82) is 0 Å². The molecule has 2 N–H and O–H groups in total. The number of hydrogen-bond acceptors (Lipinski definition) is 3. The molecule has 5 rings (SSSR count). The quantitative estimate of drug-likeness (QED) is 0.171. The van der Waals surface area contributed by atoms with E-state index >= 15 is 0 Å². The van der Waals surface area contributed by atoms with E-state index in [2.05, 4.69) is 56.8 Å². The molecule has 0 radical (unpaired) electrons. The van der Waals surface area contributed by atoms with Gasteiger partial charge in [-0.15, -0.1) is 0 Å². The molecule has 3 aliphatic carbocycles. The summed E-state index contributed by atoms with van der Waals surface area (Å²) in [5.74, 6) is 1.35. The van der Waals surface area contributed by atoms with Gasteiger partial charge in [0.2, 0.25) is 0 Å². The number of carbonyl (C=O) groups excluding carboxylic acids is 1. The molecule has 2 aromatic carbocycles. The Labute approximate surface area is 227 Å². The van der Waals surface area contributed by atoms with Crippen molar-refractivity contribution in [3.05, 3.63) is 100 Å². The van der Waals surface area contributed by atoms with Gasteiger partial charge in [0, 0.05) is 11.5 Å². The predicted molar refractivity (Wildman–Crippen MR) is 156 cm³/mol. The highest BCUT2D eigenvalue weighted by atomic mass is 16.3. The topological polar surface area (TPSA) is 57.5 Å². The van der Waals surface area contributed by atoms with Gasteiger partial charge in [-0.1, -0.05) is 93.1 Å². The van der Waals surface area contributed by atoms with E-state index in [1.807, 2.05) is 24.3 Å². The lowest BCUT2D eigenvalue weighted by atomic mass is 9.53. The van der Waals surface area contributed by atoms with E-state index in [0.29, 0.717) is 11.8 Å². The third-order valence-corrected chi connectivity index (χ3v) is 9.54. The van der Waals surface area contributed by atoms with Crippen LogP contribution in [0.4, 0.5) is 0 Å². The van der Waals surface area contributed by atoms with Gasteiger partial charge in [-0.3, -0.25) is 4.79 Å². The number of benzene rings is 2. The van der Waals surface area contributed by atoms with E-state index in [9.17, 15) is 15.0 Å². The van der Waals surface area contributed by atoms with E-state index in [4.69, 9.17) is 0 Å². The molecule has 5 atom stereocenters. The van der Waals surface area contributed by atoms with Gasteiger partial charge < -0.3 is 10.2 Å². The third kappa shape index (κ3) is 4.85. The van der Waals surface area contributed by atoms with Crippen LogP contribution in [0, 0.1) is 17.3 Å². The second-order valence-electron chi connectivity index (χ2n) is 11.7. The van der Waals surface area contributed by atoms with Gasteiger partial charge in [-0.2, -0.15) is 0 Å². The van der Waals surface area contributed by atoms with E-state index in [0.717, 1.165) is 67.9 Å². The zero-order valence-corrected chi connectivity index (χ0v) is 22.7. The van der Waals surface area contributed by atoms with Crippen molar-refractivity contribution >= 4 is 24.2 Å². The molecule has 0 saturated heterocycles. The van der Waals surface area contributed by atoms with Crippen molar-refractivity contribution in [3.8, 4) is 0 Å². The molecule has 3 heteroatoms. The van der Waals surface area contributed by atoms with E-state index in [1.165, 1.54) is 16.7 Å². The number of fused-ring (bicyclic) bond motifs is 3. The first-order chi connectivity index (χ1) is 18.4.